The summed E-state index contributed by atoms with van der Waals surface area (Å²) >= 11 is 0. The van der Waals surface area contributed by atoms with Crippen molar-refractivity contribution in [3.8, 4) is 22.8 Å². The van der Waals surface area contributed by atoms with Crippen LogP contribution in [0.1, 0.15) is 0 Å². The molecule has 0 atom stereocenters. The zero-order valence-corrected chi connectivity index (χ0v) is 8.83. The molecule has 5 nitrogen and oxygen atoms in total. The van der Waals surface area contributed by atoms with Gasteiger partial charge >= 0.3 is 6.01 Å². The monoisotopic (exact) mass is 227 g/mol. The van der Waals surface area contributed by atoms with Gasteiger partial charge in [-0.2, -0.15) is 0 Å². The Balaban J connectivity index is 2.17. The van der Waals surface area contributed by atoms with Crippen LogP contribution in [0.25, 0.3) is 22.8 Å². The third-order valence-corrected chi connectivity index (χ3v) is 2.38. The second-order valence-electron chi connectivity index (χ2n) is 3.47. The van der Waals surface area contributed by atoms with E-state index in [1.807, 2.05) is 36.4 Å². The smallest absolute Gasteiger partial charge is 0.313 e. The lowest BCUT2D eigenvalue weighted by molar-refractivity contribution is 0.578. The maximum atomic E-state index is 5.42. The molecule has 0 aliphatic heterocycles. The van der Waals surface area contributed by atoms with Crippen LogP contribution in [0.5, 0.6) is 0 Å². The lowest BCUT2D eigenvalue weighted by Gasteiger charge is -2.02. The van der Waals surface area contributed by atoms with Crippen LogP contribution in [0.15, 0.2) is 51.5 Å². The minimum Gasteiger partial charge on any atom is -0.464 e. The zero-order chi connectivity index (χ0) is 11.7. The van der Waals surface area contributed by atoms with Crippen molar-refractivity contribution in [3.05, 3.63) is 42.7 Å². The number of benzene rings is 1. The predicted molar refractivity (Wildman–Crippen MR) is 61.8 cm³/mol. The summed E-state index contributed by atoms with van der Waals surface area (Å²) in [5, 5.41) is 7.52. The first-order chi connectivity index (χ1) is 8.34. The zero-order valence-electron chi connectivity index (χ0n) is 8.83. The molecule has 17 heavy (non-hydrogen) atoms. The number of nitrogens with zero attached hydrogens (tertiary/aromatic N) is 2. The Morgan fingerprint density at radius 1 is 0.941 bits per heavy atom. The van der Waals surface area contributed by atoms with Crippen molar-refractivity contribution in [1.29, 1.82) is 0 Å². The van der Waals surface area contributed by atoms with Crippen LogP contribution in [0.4, 0.5) is 6.01 Å². The molecule has 2 aromatic heterocycles. The molecule has 0 aliphatic carbocycles. The van der Waals surface area contributed by atoms with Crippen molar-refractivity contribution in [3.63, 3.8) is 0 Å². The van der Waals surface area contributed by atoms with Gasteiger partial charge in [-0.25, -0.2) is 0 Å². The van der Waals surface area contributed by atoms with E-state index in [4.69, 9.17) is 14.6 Å². The topological polar surface area (TPSA) is 78.1 Å². The number of hydrogen-bond acceptors (Lipinski definition) is 5. The normalized spacial score (nSPS) is 10.6. The average Bonchev–Trinajstić information content (AvgIpc) is 3.00. The third-order valence-electron chi connectivity index (χ3n) is 2.38. The van der Waals surface area contributed by atoms with Gasteiger partial charge in [0.25, 0.3) is 0 Å². The second-order valence-corrected chi connectivity index (χ2v) is 3.47. The molecule has 3 rings (SSSR count). The quantitative estimate of drug-likeness (QED) is 0.727. The fourth-order valence-corrected chi connectivity index (χ4v) is 1.66. The molecular weight excluding hydrogens is 218 g/mol. The van der Waals surface area contributed by atoms with E-state index in [0.717, 1.165) is 16.9 Å². The van der Waals surface area contributed by atoms with Crippen molar-refractivity contribution in [2.75, 3.05) is 5.73 Å². The molecule has 0 amide bonds. The van der Waals surface area contributed by atoms with E-state index in [2.05, 4.69) is 10.2 Å². The molecule has 2 heterocycles. The lowest BCUT2D eigenvalue weighted by Crippen LogP contribution is -1.83. The Hall–Kier alpha value is -2.56. The van der Waals surface area contributed by atoms with Crippen molar-refractivity contribution in [2.45, 2.75) is 0 Å². The van der Waals surface area contributed by atoms with Gasteiger partial charge < -0.3 is 14.6 Å². The molecule has 0 fully saturated rings. The van der Waals surface area contributed by atoms with E-state index in [9.17, 15) is 0 Å². The summed E-state index contributed by atoms with van der Waals surface area (Å²) < 4.78 is 10.6. The summed E-state index contributed by atoms with van der Waals surface area (Å²) in [5.41, 5.74) is 7.11. The van der Waals surface area contributed by atoms with Gasteiger partial charge in [-0.1, -0.05) is 23.3 Å². The van der Waals surface area contributed by atoms with Gasteiger partial charge in [-0.05, 0) is 18.2 Å². The third kappa shape index (κ3) is 1.67. The molecule has 0 saturated heterocycles. The number of nitrogen functional groups attached to an aromatic ring is 1. The lowest BCUT2D eigenvalue weighted by atomic mass is 10.1. The molecule has 1 aromatic carbocycles. The molecule has 0 radical (unpaired) electrons. The van der Waals surface area contributed by atoms with Gasteiger partial charge in [0.05, 0.1) is 6.26 Å². The van der Waals surface area contributed by atoms with Crippen LogP contribution in [0.3, 0.4) is 0 Å². The Labute approximate surface area is 96.9 Å². The number of anilines is 1. The maximum Gasteiger partial charge on any atom is 0.313 e. The first kappa shape index (κ1) is 9.65. The van der Waals surface area contributed by atoms with Gasteiger partial charge in [0.2, 0.25) is 5.89 Å². The summed E-state index contributed by atoms with van der Waals surface area (Å²) in [5.74, 6) is 1.13. The maximum absolute atomic E-state index is 5.42. The Bertz CT molecular complexity index is 629. The van der Waals surface area contributed by atoms with Gasteiger partial charge in [0, 0.05) is 11.1 Å². The first-order valence-corrected chi connectivity index (χ1v) is 5.07. The van der Waals surface area contributed by atoms with Crippen LogP contribution in [0.2, 0.25) is 0 Å². The highest BCUT2D eigenvalue weighted by Gasteiger charge is 2.13. The van der Waals surface area contributed by atoms with Crippen molar-refractivity contribution in [1.82, 2.24) is 10.2 Å². The van der Waals surface area contributed by atoms with Gasteiger partial charge in [-0.3, -0.25) is 0 Å². The molecule has 0 unspecified atom stereocenters. The highest BCUT2D eigenvalue weighted by atomic mass is 16.4. The average molecular weight is 227 g/mol. The number of hydrogen-bond donors (Lipinski definition) is 1. The minimum atomic E-state index is 0.0502. The fourth-order valence-electron chi connectivity index (χ4n) is 1.66. The molecule has 3 aromatic rings. The standard InChI is InChI=1S/C12H9N3O2/c13-12-15-14-11(17-12)9-5-2-1-4-8(9)10-6-3-7-16-10/h1-7H,(H2,13,15). The van der Waals surface area contributed by atoms with Gasteiger partial charge in [-0.15, -0.1) is 5.10 Å². The van der Waals surface area contributed by atoms with E-state index in [1.165, 1.54) is 0 Å². The van der Waals surface area contributed by atoms with E-state index >= 15 is 0 Å². The van der Waals surface area contributed by atoms with Crippen LogP contribution >= 0.6 is 0 Å². The molecule has 0 spiro atoms. The van der Waals surface area contributed by atoms with Crippen molar-refractivity contribution < 1.29 is 8.83 Å². The molecule has 0 aliphatic rings. The van der Waals surface area contributed by atoms with Gasteiger partial charge in [0.15, 0.2) is 0 Å². The first-order valence-electron chi connectivity index (χ1n) is 5.07. The number of aromatic nitrogens is 2. The highest BCUT2D eigenvalue weighted by Crippen LogP contribution is 2.31. The molecule has 0 saturated carbocycles. The van der Waals surface area contributed by atoms with Crippen molar-refractivity contribution in [2.24, 2.45) is 0 Å². The fraction of sp³-hybridized carbons (Fsp3) is 0. The van der Waals surface area contributed by atoms with Crippen LogP contribution in [-0.4, -0.2) is 10.2 Å². The van der Waals surface area contributed by atoms with Gasteiger partial charge in [0.1, 0.15) is 5.76 Å². The Morgan fingerprint density at radius 3 is 2.41 bits per heavy atom. The summed E-state index contributed by atoms with van der Waals surface area (Å²) in [6.45, 7) is 0. The van der Waals surface area contributed by atoms with Crippen LogP contribution < -0.4 is 5.73 Å². The summed E-state index contributed by atoms with van der Waals surface area (Å²) in [4.78, 5) is 0. The van der Waals surface area contributed by atoms with E-state index in [0.29, 0.717) is 5.89 Å². The number of rotatable bonds is 2. The molecule has 2 N–H and O–H groups in total. The van der Waals surface area contributed by atoms with E-state index < -0.39 is 0 Å². The van der Waals surface area contributed by atoms with E-state index in [1.54, 1.807) is 6.26 Å². The number of furan rings is 1. The molecule has 5 heteroatoms. The Kier molecular flexibility index (Phi) is 2.15. The SMILES string of the molecule is Nc1nnc(-c2ccccc2-c2ccco2)o1. The number of nitrogens with two attached hydrogens (primary N) is 1. The van der Waals surface area contributed by atoms with Crippen LogP contribution in [-0.2, 0) is 0 Å². The molecule has 84 valence electrons. The second kappa shape index (κ2) is 3.79. The summed E-state index contributed by atoms with van der Waals surface area (Å²) in [6.07, 6.45) is 1.62. The molecular formula is C12H9N3O2. The minimum absolute atomic E-state index is 0.0502. The van der Waals surface area contributed by atoms with Crippen LogP contribution in [0, 0.1) is 0 Å². The predicted octanol–water partition coefficient (Wildman–Crippen LogP) is 2.58. The van der Waals surface area contributed by atoms with E-state index in [-0.39, 0.29) is 6.01 Å². The van der Waals surface area contributed by atoms with Crippen molar-refractivity contribution >= 4 is 6.01 Å². The highest BCUT2D eigenvalue weighted by molar-refractivity contribution is 5.77. The summed E-state index contributed by atoms with van der Waals surface area (Å²) in [7, 11) is 0. The summed E-state index contributed by atoms with van der Waals surface area (Å²) in [6, 6.07) is 11.4. The largest absolute Gasteiger partial charge is 0.464 e. The Morgan fingerprint density at radius 2 is 1.76 bits per heavy atom. The molecule has 0 bridgehead atoms.